The van der Waals surface area contributed by atoms with E-state index in [1.807, 2.05) is 41.3 Å². The lowest BCUT2D eigenvalue weighted by Crippen LogP contribution is -2.48. The Balaban J connectivity index is 1.36. The van der Waals surface area contributed by atoms with Gasteiger partial charge in [0.25, 0.3) is 0 Å². The van der Waals surface area contributed by atoms with E-state index in [0.717, 1.165) is 49.2 Å². The number of benzene rings is 2. The number of carbonyl (C=O) groups excluding carboxylic acids is 1. The predicted molar refractivity (Wildman–Crippen MR) is 104 cm³/mol. The Kier molecular flexibility index (Phi) is 4.93. The summed E-state index contributed by atoms with van der Waals surface area (Å²) in [6.07, 6.45) is 2.21. The molecule has 0 spiro atoms. The first-order chi connectivity index (χ1) is 12.8. The molecule has 132 valence electrons. The lowest BCUT2D eigenvalue weighted by molar-refractivity contribution is -0.132. The largest absolute Gasteiger partial charge is 0.340 e. The Morgan fingerprint density at radius 3 is 2.46 bits per heavy atom. The highest BCUT2D eigenvalue weighted by Gasteiger charge is 2.21. The van der Waals surface area contributed by atoms with Gasteiger partial charge in [0.1, 0.15) is 0 Å². The standard InChI is InChI=1S/C22H23N3O/c26-21(16-20-9-4-8-19-10-5-11-23-22(19)20)25-14-12-24(13-15-25)17-18-6-2-1-3-7-18/h1-11H,12-17H2. The van der Waals surface area contributed by atoms with E-state index >= 15 is 0 Å². The maximum atomic E-state index is 12.8. The third kappa shape index (κ3) is 3.75. The molecule has 1 fully saturated rings. The molecule has 0 atom stereocenters. The fourth-order valence-corrected chi connectivity index (χ4v) is 3.58. The lowest BCUT2D eigenvalue weighted by atomic mass is 10.1. The van der Waals surface area contributed by atoms with Gasteiger partial charge in [-0.1, -0.05) is 54.6 Å². The van der Waals surface area contributed by atoms with Crippen molar-refractivity contribution in [3.63, 3.8) is 0 Å². The van der Waals surface area contributed by atoms with Gasteiger partial charge in [-0.25, -0.2) is 0 Å². The number of rotatable bonds is 4. The molecule has 26 heavy (non-hydrogen) atoms. The van der Waals surface area contributed by atoms with Crippen molar-refractivity contribution in [2.75, 3.05) is 26.2 Å². The monoisotopic (exact) mass is 345 g/mol. The predicted octanol–water partition coefficient (Wildman–Crippen LogP) is 3.12. The van der Waals surface area contributed by atoms with Crippen molar-refractivity contribution in [2.45, 2.75) is 13.0 Å². The smallest absolute Gasteiger partial charge is 0.227 e. The van der Waals surface area contributed by atoms with Gasteiger partial charge in [-0.05, 0) is 17.2 Å². The number of aromatic nitrogens is 1. The summed E-state index contributed by atoms with van der Waals surface area (Å²) in [4.78, 5) is 21.6. The molecule has 2 aromatic carbocycles. The van der Waals surface area contributed by atoms with Crippen LogP contribution in [0, 0.1) is 0 Å². The van der Waals surface area contributed by atoms with Gasteiger partial charge < -0.3 is 4.90 Å². The molecule has 0 aliphatic carbocycles. The van der Waals surface area contributed by atoms with Gasteiger partial charge in [-0.15, -0.1) is 0 Å². The van der Waals surface area contributed by atoms with Gasteiger partial charge in [0.05, 0.1) is 11.9 Å². The zero-order chi connectivity index (χ0) is 17.8. The van der Waals surface area contributed by atoms with E-state index in [4.69, 9.17) is 0 Å². The van der Waals surface area contributed by atoms with Gasteiger partial charge in [0, 0.05) is 44.3 Å². The number of pyridine rings is 1. The average Bonchev–Trinajstić information content (AvgIpc) is 2.70. The molecular formula is C22H23N3O. The van der Waals surface area contributed by atoms with Crippen LogP contribution >= 0.6 is 0 Å². The van der Waals surface area contributed by atoms with E-state index in [2.05, 4.69) is 34.1 Å². The number of fused-ring (bicyclic) bond motifs is 1. The topological polar surface area (TPSA) is 36.4 Å². The van der Waals surface area contributed by atoms with Crippen LogP contribution in [0.4, 0.5) is 0 Å². The number of hydrogen-bond donors (Lipinski definition) is 0. The Bertz CT molecular complexity index is 881. The molecule has 4 heteroatoms. The molecule has 0 radical (unpaired) electrons. The summed E-state index contributed by atoms with van der Waals surface area (Å²) in [6.45, 7) is 4.40. The lowest BCUT2D eigenvalue weighted by Gasteiger charge is -2.35. The van der Waals surface area contributed by atoms with Gasteiger partial charge in [0.2, 0.25) is 5.91 Å². The van der Waals surface area contributed by atoms with Crippen LogP contribution in [-0.4, -0.2) is 46.9 Å². The van der Waals surface area contributed by atoms with E-state index in [1.165, 1.54) is 5.56 Å². The summed E-state index contributed by atoms with van der Waals surface area (Å²) >= 11 is 0. The number of hydrogen-bond acceptors (Lipinski definition) is 3. The minimum absolute atomic E-state index is 0.197. The molecule has 1 aliphatic heterocycles. The average molecular weight is 345 g/mol. The number of nitrogens with zero attached hydrogens (tertiary/aromatic N) is 3. The van der Waals surface area contributed by atoms with Crippen molar-refractivity contribution in [3.05, 3.63) is 78.0 Å². The van der Waals surface area contributed by atoms with Gasteiger partial charge in [-0.2, -0.15) is 0 Å². The van der Waals surface area contributed by atoms with E-state index in [0.29, 0.717) is 6.42 Å². The van der Waals surface area contributed by atoms with Crippen LogP contribution in [0.5, 0.6) is 0 Å². The Labute approximate surface area is 154 Å². The molecule has 1 aliphatic rings. The highest BCUT2D eigenvalue weighted by molar-refractivity contribution is 5.87. The molecular weight excluding hydrogens is 322 g/mol. The summed E-state index contributed by atoms with van der Waals surface area (Å²) in [7, 11) is 0. The number of carbonyl (C=O) groups is 1. The summed E-state index contributed by atoms with van der Waals surface area (Å²) in [6, 6.07) is 20.5. The minimum Gasteiger partial charge on any atom is -0.340 e. The molecule has 0 N–H and O–H groups in total. The first-order valence-electron chi connectivity index (χ1n) is 9.16. The Morgan fingerprint density at radius 2 is 1.65 bits per heavy atom. The van der Waals surface area contributed by atoms with Crippen LogP contribution in [-0.2, 0) is 17.8 Å². The van der Waals surface area contributed by atoms with Crippen LogP contribution < -0.4 is 0 Å². The van der Waals surface area contributed by atoms with Crippen LogP contribution in [0.3, 0.4) is 0 Å². The van der Waals surface area contributed by atoms with Gasteiger partial charge in [0.15, 0.2) is 0 Å². The molecule has 0 saturated carbocycles. The van der Waals surface area contributed by atoms with Crippen molar-refractivity contribution in [1.82, 2.24) is 14.8 Å². The van der Waals surface area contributed by atoms with Gasteiger partial charge in [-0.3, -0.25) is 14.7 Å². The second-order valence-corrected chi connectivity index (χ2v) is 6.81. The normalized spacial score (nSPS) is 15.3. The third-order valence-corrected chi connectivity index (χ3v) is 5.03. The van der Waals surface area contributed by atoms with E-state index in [9.17, 15) is 4.79 Å². The van der Waals surface area contributed by atoms with Crippen molar-refractivity contribution < 1.29 is 4.79 Å². The van der Waals surface area contributed by atoms with E-state index < -0.39 is 0 Å². The third-order valence-electron chi connectivity index (χ3n) is 5.03. The number of piperazine rings is 1. The van der Waals surface area contributed by atoms with Crippen molar-refractivity contribution >= 4 is 16.8 Å². The summed E-state index contributed by atoms with van der Waals surface area (Å²) in [5.41, 5.74) is 3.28. The number of amides is 1. The van der Waals surface area contributed by atoms with Crippen molar-refractivity contribution in [3.8, 4) is 0 Å². The zero-order valence-electron chi connectivity index (χ0n) is 14.8. The molecule has 0 bridgehead atoms. The van der Waals surface area contributed by atoms with Crippen molar-refractivity contribution in [1.29, 1.82) is 0 Å². The van der Waals surface area contributed by atoms with Crippen LogP contribution in [0.25, 0.3) is 10.9 Å². The zero-order valence-corrected chi connectivity index (χ0v) is 14.8. The summed E-state index contributed by atoms with van der Waals surface area (Å²) in [5, 5.41) is 1.09. The molecule has 2 heterocycles. The second-order valence-electron chi connectivity index (χ2n) is 6.81. The molecule has 4 rings (SSSR count). The Hall–Kier alpha value is -2.72. The maximum absolute atomic E-state index is 12.8. The quantitative estimate of drug-likeness (QED) is 0.729. The maximum Gasteiger partial charge on any atom is 0.227 e. The highest BCUT2D eigenvalue weighted by Crippen LogP contribution is 2.18. The van der Waals surface area contributed by atoms with E-state index in [-0.39, 0.29) is 5.91 Å². The fraction of sp³-hybridized carbons (Fsp3) is 0.273. The van der Waals surface area contributed by atoms with Crippen LogP contribution in [0.1, 0.15) is 11.1 Å². The molecule has 3 aromatic rings. The number of para-hydroxylation sites is 1. The molecule has 1 aromatic heterocycles. The van der Waals surface area contributed by atoms with Gasteiger partial charge >= 0.3 is 0 Å². The molecule has 1 saturated heterocycles. The SMILES string of the molecule is O=C(Cc1cccc2cccnc12)N1CCN(Cc2ccccc2)CC1. The molecule has 0 unspecified atom stereocenters. The minimum atomic E-state index is 0.197. The first-order valence-corrected chi connectivity index (χ1v) is 9.16. The summed E-state index contributed by atoms with van der Waals surface area (Å²) in [5.74, 6) is 0.197. The fourth-order valence-electron chi connectivity index (χ4n) is 3.58. The van der Waals surface area contributed by atoms with Crippen molar-refractivity contribution in [2.24, 2.45) is 0 Å². The van der Waals surface area contributed by atoms with Crippen LogP contribution in [0.15, 0.2) is 66.9 Å². The summed E-state index contributed by atoms with van der Waals surface area (Å²) < 4.78 is 0. The van der Waals surface area contributed by atoms with E-state index in [1.54, 1.807) is 6.20 Å². The Morgan fingerprint density at radius 1 is 0.885 bits per heavy atom. The first kappa shape index (κ1) is 16.7. The molecule has 1 amide bonds. The highest BCUT2D eigenvalue weighted by atomic mass is 16.2. The van der Waals surface area contributed by atoms with Crippen LogP contribution in [0.2, 0.25) is 0 Å². The second kappa shape index (κ2) is 7.67. The molecule has 4 nitrogen and oxygen atoms in total.